The van der Waals surface area contributed by atoms with Crippen LogP contribution >= 0.6 is 0 Å². The number of likely N-dealkylation sites (N-methyl/N-ethyl adjacent to an activating group) is 1. The Kier molecular flexibility index (Phi) is 7.50. The number of hydrogen-bond donors (Lipinski definition) is 1. The Bertz CT molecular complexity index is 641. The van der Waals surface area contributed by atoms with Crippen molar-refractivity contribution < 1.29 is 27.5 Å². The molecule has 5 nitrogen and oxygen atoms in total. The van der Waals surface area contributed by atoms with Crippen LogP contribution in [-0.4, -0.2) is 43.6 Å². The fourth-order valence-corrected chi connectivity index (χ4v) is 3.19. The average Bonchev–Trinajstić information content (AvgIpc) is 2.66. The second-order valence-corrected chi connectivity index (χ2v) is 6.75. The lowest BCUT2D eigenvalue weighted by Gasteiger charge is -2.31. The highest BCUT2D eigenvalue weighted by Crippen LogP contribution is 2.30. The number of aryl methyl sites for hydroxylation is 1. The van der Waals surface area contributed by atoms with Crippen LogP contribution in [-0.2, 0) is 22.1 Å². The number of hydrogen-bond acceptors (Lipinski definition) is 3. The van der Waals surface area contributed by atoms with Gasteiger partial charge in [0.25, 0.3) is 5.91 Å². The molecule has 27 heavy (non-hydrogen) atoms. The number of alkyl halides is 3. The number of nitrogens with one attached hydrogen (secondary N) is 1. The standard InChI is InChI=1S/C19H25F3N2O3/c1-23-17(25)13-27-18(26)24-10-8-14(9-11-24)4-2-5-15-6-3-7-16(12-15)19(20,21)22/h3,6-7,12,14H,2,4-5,8-11,13H2,1H3,(H,23,25). The number of likely N-dealkylation sites (tertiary alicyclic amines) is 1. The molecular formula is C19H25F3N2O3. The van der Waals surface area contributed by atoms with Crippen molar-refractivity contribution in [3.05, 3.63) is 35.4 Å². The summed E-state index contributed by atoms with van der Waals surface area (Å²) in [5.74, 6) is 0.0895. The van der Waals surface area contributed by atoms with E-state index in [2.05, 4.69) is 5.32 Å². The molecular weight excluding hydrogens is 361 g/mol. The van der Waals surface area contributed by atoms with E-state index in [1.54, 1.807) is 11.0 Å². The number of amides is 2. The van der Waals surface area contributed by atoms with Gasteiger partial charge in [-0.05, 0) is 49.7 Å². The topological polar surface area (TPSA) is 58.6 Å². The highest BCUT2D eigenvalue weighted by atomic mass is 19.4. The smallest absolute Gasteiger partial charge is 0.416 e. The minimum Gasteiger partial charge on any atom is -0.439 e. The third kappa shape index (κ3) is 6.77. The van der Waals surface area contributed by atoms with Gasteiger partial charge in [0.05, 0.1) is 5.56 Å². The molecule has 0 aromatic heterocycles. The largest absolute Gasteiger partial charge is 0.439 e. The van der Waals surface area contributed by atoms with E-state index < -0.39 is 17.8 Å². The van der Waals surface area contributed by atoms with Crippen LogP contribution in [0.3, 0.4) is 0 Å². The first-order valence-corrected chi connectivity index (χ1v) is 9.08. The Morgan fingerprint density at radius 3 is 2.59 bits per heavy atom. The fourth-order valence-electron chi connectivity index (χ4n) is 3.19. The van der Waals surface area contributed by atoms with Gasteiger partial charge >= 0.3 is 12.3 Å². The van der Waals surface area contributed by atoms with Gasteiger partial charge in [-0.15, -0.1) is 0 Å². The van der Waals surface area contributed by atoms with Crippen molar-refractivity contribution in [3.8, 4) is 0 Å². The predicted octanol–water partition coefficient (Wildman–Crippen LogP) is 3.62. The van der Waals surface area contributed by atoms with Crippen molar-refractivity contribution >= 4 is 12.0 Å². The summed E-state index contributed by atoms with van der Waals surface area (Å²) in [6.45, 7) is 0.855. The van der Waals surface area contributed by atoms with E-state index in [1.807, 2.05) is 0 Å². The number of benzene rings is 1. The van der Waals surface area contributed by atoms with Gasteiger partial charge < -0.3 is 15.0 Å². The van der Waals surface area contributed by atoms with Crippen LogP contribution < -0.4 is 5.32 Å². The van der Waals surface area contributed by atoms with Gasteiger partial charge in [-0.3, -0.25) is 4.79 Å². The van der Waals surface area contributed by atoms with E-state index >= 15 is 0 Å². The van der Waals surface area contributed by atoms with E-state index in [4.69, 9.17) is 4.74 Å². The van der Waals surface area contributed by atoms with E-state index in [-0.39, 0.29) is 12.5 Å². The molecule has 2 amide bonds. The second-order valence-electron chi connectivity index (χ2n) is 6.75. The molecule has 1 aliphatic rings. The lowest BCUT2D eigenvalue weighted by Crippen LogP contribution is -2.40. The summed E-state index contributed by atoms with van der Waals surface area (Å²) in [5, 5.41) is 2.38. The quantitative estimate of drug-likeness (QED) is 0.812. The van der Waals surface area contributed by atoms with Crippen LogP contribution in [0.5, 0.6) is 0 Å². The summed E-state index contributed by atoms with van der Waals surface area (Å²) in [6.07, 6.45) is -0.797. The van der Waals surface area contributed by atoms with Crippen LogP contribution in [0, 0.1) is 5.92 Å². The number of carbonyl (C=O) groups excluding carboxylic acids is 2. The van der Waals surface area contributed by atoms with Crippen LogP contribution in [0.4, 0.5) is 18.0 Å². The molecule has 1 heterocycles. The Hall–Kier alpha value is -2.25. The van der Waals surface area contributed by atoms with E-state index in [9.17, 15) is 22.8 Å². The number of carbonyl (C=O) groups is 2. The molecule has 0 saturated carbocycles. The van der Waals surface area contributed by atoms with Crippen molar-refractivity contribution in [1.82, 2.24) is 10.2 Å². The molecule has 1 aliphatic heterocycles. The summed E-state index contributed by atoms with van der Waals surface area (Å²) in [5.41, 5.74) is 0.0867. The number of rotatable bonds is 6. The van der Waals surface area contributed by atoms with Gasteiger partial charge in [0.2, 0.25) is 0 Å². The zero-order valence-corrected chi connectivity index (χ0v) is 15.3. The first-order valence-electron chi connectivity index (χ1n) is 9.08. The van der Waals surface area contributed by atoms with Gasteiger partial charge in [0.15, 0.2) is 6.61 Å². The number of piperidine rings is 1. The zero-order valence-electron chi connectivity index (χ0n) is 15.3. The molecule has 0 radical (unpaired) electrons. The molecule has 2 rings (SSSR count). The normalized spacial score (nSPS) is 15.5. The summed E-state index contributed by atoms with van der Waals surface area (Å²) >= 11 is 0. The maximum Gasteiger partial charge on any atom is 0.416 e. The average molecular weight is 386 g/mol. The Morgan fingerprint density at radius 1 is 1.26 bits per heavy atom. The van der Waals surface area contributed by atoms with Crippen LogP contribution in [0.15, 0.2) is 24.3 Å². The highest BCUT2D eigenvalue weighted by Gasteiger charge is 2.30. The lowest BCUT2D eigenvalue weighted by atomic mass is 9.91. The predicted molar refractivity (Wildman–Crippen MR) is 94.1 cm³/mol. The summed E-state index contributed by atoms with van der Waals surface area (Å²) in [6, 6.07) is 5.47. The molecule has 1 N–H and O–H groups in total. The Labute approximate surface area is 156 Å². The molecule has 1 fully saturated rings. The van der Waals surface area contributed by atoms with Gasteiger partial charge in [-0.2, -0.15) is 13.2 Å². The molecule has 0 bridgehead atoms. The van der Waals surface area contributed by atoms with Gasteiger partial charge in [-0.1, -0.05) is 18.2 Å². The minimum absolute atomic E-state index is 0.285. The Balaban J connectivity index is 1.69. The van der Waals surface area contributed by atoms with E-state index in [1.165, 1.54) is 19.2 Å². The second kappa shape index (κ2) is 9.62. The highest BCUT2D eigenvalue weighted by molar-refractivity contribution is 5.79. The van der Waals surface area contributed by atoms with Crippen molar-refractivity contribution in [1.29, 1.82) is 0 Å². The fraction of sp³-hybridized carbons (Fsp3) is 0.579. The molecule has 0 spiro atoms. The monoisotopic (exact) mass is 386 g/mol. The van der Waals surface area contributed by atoms with Crippen LogP contribution in [0.1, 0.15) is 36.8 Å². The summed E-state index contributed by atoms with van der Waals surface area (Å²) in [4.78, 5) is 24.6. The number of halogens is 3. The summed E-state index contributed by atoms with van der Waals surface area (Å²) < 4.78 is 43.1. The molecule has 1 aromatic rings. The molecule has 0 aliphatic carbocycles. The van der Waals surface area contributed by atoms with Crippen LogP contribution in [0.25, 0.3) is 0 Å². The van der Waals surface area contributed by atoms with E-state index in [0.717, 1.165) is 31.7 Å². The third-order valence-corrected chi connectivity index (χ3v) is 4.81. The molecule has 0 unspecified atom stereocenters. The molecule has 150 valence electrons. The number of ether oxygens (including phenoxy) is 1. The zero-order chi connectivity index (χ0) is 19.9. The molecule has 1 saturated heterocycles. The van der Waals surface area contributed by atoms with E-state index in [0.29, 0.717) is 31.0 Å². The van der Waals surface area contributed by atoms with Crippen molar-refractivity contribution in [2.24, 2.45) is 5.92 Å². The van der Waals surface area contributed by atoms with Gasteiger partial charge in [-0.25, -0.2) is 4.79 Å². The van der Waals surface area contributed by atoms with Gasteiger partial charge in [0, 0.05) is 20.1 Å². The minimum atomic E-state index is -4.31. The molecule has 8 heteroatoms. The van der Waals surface area contributed by atoms with Crippen molar-refractivity contribution in [2.75, 3.05) is 26.7 Å². The molecule has 1 aromatic carbocycles. The van der Waals surface area contributed by atoms with Crippen LogP contribution in [0.2, 0.25) is 0 Å². The first-order chi connectivity index (χ1) is 12.8. The summed E-state index contributed by atoms with van der Waals surface area (Å²) in [7, 11) is 1.47. The van der Waals surface area contributed by atoms with Crippen molar-refractivity contribution in [2.45, 2.75) is 38.3 Å². The SMILES string of the molecule is CNC(=O)COC(=O)N1CCC(CCCc2cccc(C(F)(F)F)c2)CC1. The maximum absolute atomic E-state index is 12.7. The lowest BCUT2D eigenvalue weighted by molar-refractivity contribution is -0.137. The molecule has 0 atom stereocenters. The maximum atomic E-state index is 12.7. The van der Waals surface area contributed by atoms with Crippen molar-refractivity contribution in [3.63, 3.8) is 0 Å². The Morgan fingerprint density at radius 2 is 1.96 bits per heavy atom. The van der Waals surface area contributed by atoms with Gasteiger partial charge in [0.1, 0.15) is 0 Å². The third-order valence-electron chi connectivity index (χ3n) is 4.81. The first kappa shape index (κ1) is 21.1. The number of nitrogens with zero attached hydrogens (tertiary/aromatic N) is 1.